The SMILES string of the molecule is O=C(NC1CCCCC1)[C@H](c1ccccc1Cl)N(C(=O)[C@H]1CCN(S(=O)(=O)N2CC2)C1)c1cccc(F)c1. The third-order valence-electron chi connectivity index (χ3n) is 7.54. The molecule has 1 N–H and O–H groups in total. The van der Waals surface area contributed by atoms with E-state index in [1.807, 2.05) is 0 Å². The van der Waals surface area contributed by atoms with Gasteiger partial charge >= 0.3 is 0 Å². The van der Waals surface area contributed by atoms with Gasteiger partial charge in [-0.2, -0.15) is 17.0 Å². The number of carbonyl (C=O) groups is 2. The molecule has 2 aliphatic heterocycles. The molecule has 0 aromatic heterocycles. The van der Waals surface area contributed by atoms with Crippen molar-refractivity contribution in [2.45, 2.75) is 50.6 Å². The van der Waals surface area contributed by atoms with Crippen LogP contribution in [-0.4, -0.2) is 61.1 Å². The standard InChI is InChI=1S/C27H32ClFN4O4S/c28-24-12-5-4-11-23(24)25(26(34)30-21-8-2-1-3-9-21)33(22-10-6-7-20(29)17-22)27(35)19-13-14-32(18-19)38(36,37)31-15-16-31/h4-7,10-12,17,19,21,25H,1-3,8-9,13-16,18H2,(H,30,34)/t19-,25-/m0/s1. The molecule has 0 unspecified atom stereocenters. The second-order valence-corrected chi connectivity index (χ2v) is 12.5. The highest BCUT2D eigenvalue weighted by Gasteiger charge is 2.45. The first-order chi connectivity index (χ1) is 18.3. The van der Waals surface area contributed by atoms with Crippen LogP contribution in [0.4, 0.5) is 10.1 Å². The van der Waals surface area contributed by atoms with Crippen LogP contribution in [0.2, 0.25) is 5.02 Å². The van der Waals surface area contributed by atoms with E-state index in [1.165, 1.54) is 31.7 Å². The van der Waals surface area contributed by atoms with Gasteiger partial charge in [-0.1, -0.05) is 55.1 Å². The fourth-order valence-electron chi connectivity index (χ4n) is 5.42. The van der Waals surface area contributed by atoms with Crippen molar-refractivity contribution in [1.29, 1.82) is 0 Å². The lowest BCUT2D eigenvalue weighted by Gasteiger charge is -2.35. The Hall–Kier alpha value is -2.53. The predicted molar refractivity (Wildman–Crippen MR) is 143 cm³/mol. The molecule has 0 radical (unpaired) electrons. The molecule has 2 saturated heterocycles. The number of hydrogen-bond donors (Lipinski definition) is 1. The van der Waals surface area contributed by atoms with Gasteiger partial charge in [-0.25, -0.2) is 4.39 Å². The first-order valence-electron chi connectivity index (χ1n) is 13.1. The molecule has 2 aromatic carbocycles. The van der Waals surface area contributed by atoms with Crippen molar-refractivity contribution in [2.75, 3.05) is 31.1 Å². The quantitative estimate of drug-likeness (QED) is 0.494. The summed E-state index contributed by atoms with van der Waals surface area (Å²) in [7, 11) is -3.61. The van der Waals surface area contributed by atoms with Gasteiger partial charge in [-0.15, -0.1) is 0 Å². The van der Waals surface area contributed by atoms with E-state index >= 15 is 0 Å². The second kappa shape index (κ2) is 11.3. The van der Waals surface area contributed by atoms with Gasteiger partial charge in [0.2, 0.25) is 11.8 Å². The Morgan fingerprint density at radius 2 is 1.71 bits per heavy atom. The van der Waals surface area contributed by atoms with Crippen LogP contribution in [0.15, 0.2) is 48.5 Å². The number of anilines is 1. The number of hydrogen-bond acceptors (Lipinski definition) is 4. The summed E-state index contributed by atoms with van der Waals surface area (Å²) >= 11 is 6.57. The van der Waals surface area contributed by atoms with E-state index in [-0.39, 0.29) is 24.8 Å². The molecule has 2 amide bonds. The normalized spacial score (nSPS) is 21.7. The van der Waals surface area contributed by atoms with E-state index in [2.05, 4.69) is 5.32 Å². The lowest BCUT2D eigenvalue weighted by molar-refractivity contribution is -0.128. The highest BCUT2D eigenvalue weighted by atomic mass is 35.5. The Morgan fingerprint density at radius 3 is 2.39 bits per heavy atom. The Morgan fingerprint density at radius 1 is 0.974 bits per heavy atom. The number of benzene rings is 2. The van der Waals surface area contributed by atoms with Crippen LogP contribution in [0.1, 0.15) is 50.1 Å². The predicted octanol–water partition coefficient (Wildman–Crippen LogP) is 3.88. The molecule has 8 nitrogen and oxygen atoms in total. The molecule has 3 aliphatic rings. The summed E-state index contributed by atoms with van der Waals surface area (Å²) in [5.74, 6) is -2.08. The molecule has 11 heteroatoms. The Kier molecular flexibility index (Phi) is 8.04. The number of amides is 2. The number of nitrogens with zero attached hydrogens (tertiary/aromatic N) is 3. The summed E-state index contributed by atoms with van der Waals surface area (Å²) in [5.41, 5.74) is 0.637. The van der Waals surface area contributed by atoms with Crippen molar-refractivity contribution >= 4 is 39.3 Å². The zero-order chi connectivity index (χ0) is 26.9. The summed E-state index contributed by atoms with van der Waals surface area (Å²) in [6.45, 7) is 1.16. The molecule has 0 bridgehead atoms. The summed E-state index contributed by atoms with van der Waals surface area (Å²) in [5, 5.41) is 3.42. The monoisotopic (exact) mass is 562 g/mol. The lowest BCUT2D eigenvalue weighted by Crippen LogP contribution is -2.49. The molecular weight excluding hydrogens is 531 g/mol. The molecular formula is C27H32ClFN4O4S. The van der Waals surface area contributed by atoms with Gasteiger partial charge in [0.1, 0.15) is 11.9 Å². The first kappa shape index (κ1) is 27.1. The van der Waals surface area contributed by atoms with Gasteiger partial charge in [-0.3, -0.25) is 14.5 Å². The van der Waals surface area contributed by atoms with Gasteiger partial charge in [0.25, 0.3) is 10.2 Å². The van der Waals surface area contributed by atoms with E-state index in [4.69, 9.17) is 11.6 Å². The molecule has 3 fully saturated rings. The lowest BCUT2D eigenvalue weighted by atomic mass is 9.94. The minimum absolute atomic E-state index is 0.00294. The third kappa shape index (κ3) is 5.73. The van der Waals surface area contributed by atoms with Crippen molar-refractivity contribution in [3.63, 3.8) is 0 Å². The molecule has 2 heterocycles. The van der Waals surface area contributed by atoms with Crippen LogP contribution in [0.3, 0.4) is 0 Å². The van der Waals surface area contributed by atoms with Crippen LogP contribution in [0.5, 0.6) is 0 Å². The Balaban J connectivity index is 1.52. The summed E-state index contributed by atoms with van der Waals surface area (Å²) < 4.78 is 42.7. The molecule has 1 saturated carbocycles. The maximum atomic E-state index is 14.4. The van der Waals surface area contributed by atoms with Gasteiger partial charge in [0, 0.05) is 48.5 Å². The largest absolute Gasteiger partial charge is 0.351 e. The smallest absolute Gasteiger partial charge is 0.282 e. The average molecular weight is 563 g/mol. The maximum Gasteiger partial charge on any atom is 0.282 e. The van der Waals surface area contributed by atoms with Crippen LogP contribution < -0.4 is 10.2 Å². The van der Waals surface area contributed by atoms with Crippen molar-refractivity contribution < 1.29 is 22.4 Å². The Labute approximate surface area is 227 Å². The number of carbonyl (C=O) groups excluding carboxylic acids is 2. The summed E-state index contributed by atoms with van der Waals surface area (Å²) in [4.78, 5) is 29.4. The van der Waals surface area contributed by atoms with Crippen LogP contribution >= 0.6 is 11.6 Å². The minimum Gasteiger partial charge on any atom is -0.351 e. The van der Waals surface area contributed by atoms with Gasteiger partial charge in [0.05, 0.1) is 5.92 Å². The highest BCUT2D eigenvalue weighted by Crippen LogP contribution is 2.36. The summed E-state index contributed by atoms with van der Waals surface area (Å²) in [6, 6.07) is 11.2. The zero-order valence-electron chi connectivity index (χ0n) is 21.1. The average Bonchev–Trinajstić information content (AvgIpc) is 3.65. The second-order valence-electron chi connectivity index (χ2n) is 10.2. The molecule has 204 valence electrons. The van der Waals surface area contributed by atoms with E-state index in [1.54, 1.807) is 30.3 Å². The van der Waals surface area contributed by atoms with Gasteiger partial charge in [-0.05, 0) is 43.5 Å². The number of halogens is 2. The topological polar surface area (TPSA) is 89.8 Å². The van der Waals surface area contributed by atoms with E-state index in [9.17, 15) is 22.4 Å². The zero-order valence-corrected chi connectivity index (χ0v) is 22.6. The van der Waals surface area contributed by atoms with Crippen LogP contribution in [0.25, 0.3) is 0 Å². The fourth-order valence-corrected chi connectivity index (χ4v) is 7.24. The van der Waals surface area contributed by atoms with E-state index in [0.717, 1.165) is 32.1 Å². The molecule has 2 aromatic rings. The molecule has 38 heavy (non-hydrogen) atoms. The molecule has 5 rings (SSSR count). The minimum atomic E-state index is -3.61. The third-order valence-corrected chi connectivity index (χ3v) is 9.89. The van der Waals surface area contributed by atoms with E-state index < -0.39 is 39.8 Å². The first-order valence-corrected chi connectivity index (χ1v) is 14.9. The van der Waals surface area contributed by atoms with Gasteiger partial charge < -0.3 is 5.32 Å². The van der Waals surface area contributed by atoms with Crippen molar-refractivity contribution in [3.8, 4) is 0 Å². The van der Waals surface area contributed by atoms with Crippen molar-refractivity contribution in [2.24, 2.45) is 5.92 Å². The Bertz CT molecular complexity index is 1300. The van der Waals surface area contributed by atoms with Crippen molar-refractivity contribution in [1.82, 2.24) is 13.9 Å². The van der Waals surface area contributed by atoms with Crippen LogP contribution in [-0.2, 0) is 19.8 Å². The van der Waals surface area contributed by atoms with Crippen LogP contribution in [0, 0.1) is 11.7 Å². The summed E-state index contributed by atoms with van der Waals surface area (Å²) in [6.07, 6.45) is 5.14. The molecule has 0 spiro atoms. The fraction of sp³-hybridized carbons (Fsp3) is 0.481. The maximum absolute atomic E-state index is 14.4. The number of rotatable bonds is 8. The molecule has 1 aliphatic carbocycles. The number of nitrogens with one attached hydrogen (secondary N) is 1. The van der Waals surface area contributed by atoms with Crippen molar-refractivity contribution in [3.05, 3.63) is 64.9 Å². The van der Waals surface area contributed by atoms with E-state index in [0.29, 0.717) is 30.1 Å². The van der Waals surface area contributed by atoms with Gasteiger partial charge in [0.15, 0.2) is 0 Å². The highest BCUT2D eigenvalue weighted by molar-refractivity contribution is 7.87. The molecule has 2 atom stereocenters.